The molecule has 0 aliphatic heterocycles. The van der Waals surface area contributed by atoms with Gasteiger partial charge in [0.15, 0.2) is 0 Å². The van der Waals surface area contributed by atoms with Crippen molar-refractivity contribution in [2.24, 2.45) is 0 Å². The summed E-state index contributed by atoms with van der Waals surface area (Å²) in [6.45, 7) is 3.09. The molecule has 0 aromatic heterocycles. The molecule has 2 rings (SSSR count). The molecule has 2 aromatic carbocycles. The van der Waals surface area contributed by atoms with Gasteiger partial charge >= 0.3 is 0 Å². The molecule has 2 aromatic rings. The first-order valence-electron chi connectivity index (χ1n) is 5.89. The Bertz CT molecular complexity index is 595. The van der Waals surface area contributed by atoms with Crippen molar-refractivity contribution in [1.29, 1.82) is 0 Å². The second-order valence-electron chi connectivity index (χ2n) is 4.34. The highest BCUT2D eigenvalue weighted by Gasteiger charge is 2.15. The largest absolute Gasteiger partial charge is 0.457 e. The van der Waals surface area contributed by atoms with Crippen LogP contribution >= 0.6 is 0 Å². The van der Waals surface area contributed by atoms with E-state index < -0.39 is 17.7 Å². The van der Waals surface area contributed by atoms with Gasteiger partial charge in [-0.2, -0.15) is 0 Å². The summed E-state index contributed by atoms with van der Waals surface area (Å²) in [6.07, 6.45) is -1.01. The van der Waals surface area contributed by atoms with E-state index in [-0.39, 0.29) is 17.1 Å². The van der Waals surface area contributed by atoms with Crippen LogP contribution in [0.1, 0.15) is 24.2 Å². The molecule has 0 unspecified atom stereocenters. The number of hydrogen-bond donors (Lipinski definition) is 1. The number of aryl methyl sites for hydroxylation is 1. The summed E-state index contributed by atoms with van der Waals surface area (Å²) in [4.78, 5) is 0. The number of aliphatic hydroxyl groups is 1. The molecule has 0 saturated carbocycles. The summed E-state index contributed by atoms with van der Waals surface area (Å²) in [5, 5.41) is 9.57. The van der Waals surface area contributed by atoms with Crippen LogP contribution in [0.4, 0.5) is 8.78 Å². The van der Waals surface area contributed by atoms with Crippen LogP contribution in [0.2, 0.25) is 0 Å². The number of aliphatic hydroxyl groups excluding tert-OH is 1. The zero-order chi connectivity index (χ0) is 14.0. The van der Waals surface area contributed by atoms with E-state index in [1.165, 1.54) is 31.2 Å². The first kappa shape index (κ1) is 13.5. The zero-order valence-corrected chi connectivity index (χ0v) is 10.7. The van der Waals surface area contributed by atoms with E-state index >= 15 is 0 Å². The zero-order valence-electron chi connectivity index (χ0n) is 10.7. The van der Waals surface area contributed by atoms with Crippen molar-refractivity contribution in [3.63, 3.8) is 0 Å². The summed E-state index contributed by atoms with van der Waals surface area (Å²) < 4.78 is 32.5. The van der Waals surface area contributed by atoms with Gasteiger partial charge in [0.1, 0.15) is 23.1 Å². The van der Waals surface area contributed by atoms with Gasteiger partial charge in [0.05, 0.1) is 11.7 Å². The second kappa shape index (κ2) is 5.36. The predicted octanol–water partition coefficient (Wildman–Crippen LogP) is 4.12. The van der Waals surface area contributed by atoms with E-state index in [0.717, 1.165) is 0 Å². The summed E-state index contributed by atoms with van der Waals surface area (Å²) in [6, 6.07) is 8.64. The summed E-state index contributed by atoms with van der Waals surface area (Å²) in [7, 11) is 0. The smallest absolute Gasteiger partial charge is 0.136 e. The molecule has 0 spiro atoms. The number of benzene rings is 2. The minimum Gasteiger partial charge on any atom is -0.457 e. The van der Waals surface area contributed by atoms with Crippen LogP contribution in [0.25, 0.3) is 0 Å². The second-order valence-corrected chi connectivity index (χ2v) is 4.34. The summed E-state index contributed by atoms with van der Waals surface area (Å²) in [5.74, 6) is -0.513. The molecule has 0 amide bonds. The Labute approximate surface area is 110 Å². The van der Waals surface area contributed by atoms with Gasteiger partial charge in [0.2, 0.25) is 0 Å². The standard InChI is InChI=1S/C15H14F2O2/c1-9-6-7-11(8-13(9)17)19-14-5-3-4-12(16)15(14)10(2)18/h3-8,10,18H,1-2H3/t10-/m0/s1. The van der Waals surface area contributed by atoms with Gasteiger partial charge in [-0.1, -0.05) is 12.1 Å². The molecule has 1 N–H and O–H groups in total. The first-order chi connectivity index (χ1) is 8.99. The maximum Gasteiger partial charge on any atom is 0.136 e. The molecular formula is C15H14F2O2. The van der Waals surface area contributed by atoms with Crippen LogP contribution in [-0.4, -0.2) is 5.11 Å². The molecule has 0 saturated heterocycles. The summed E-state index contributed by atoms with van der Waals surface area (Å²) >= 11 is 0. The third-order valence-corrected chi connectivity index (χ3v) is 2.80. The fourth-order valence-corrected chi connectivity index (χ4v) is 1.78. The molecule has 4 heteroatoms. The van der Waals surface area contributed by atoms with E-state index in [4.69, 9.17) is 4.74 Å². The monoisotopic (exact) mass is 264 g/mol. The molecule has 1 atom stereocenters. The maximum absolute atomic E-state index is 13.6. The van der Waals surface area contributed by atoms with E-state index in [1.807, 2.05) is 0 Å². The van der Waals surface area contributed by atoms with Crippen molar-refractivity contribution in [3.8, 4) is 11.5 Å². The Hall–Kier alpha value is -1.94. The molecule has 19 heavy (non-hydrogen) atoms. The molecule has 0 bridgehead atoms. The van der Waals surface area contributed by atoms with Crippen molar-refractivity contribution in [2.45, 2.75) is 20.0 Å². The minimum atomic E-state index is -1.01. The van der Waals surface area contributed by atoms with E-state index in [2.05, 4.69) is 0 Å². The van der Waals surface area contributed by atoms with E-state index in [0.29, 0.717) is 5.56 Å². The van der Waals surface area contributed by atoms with Crippen LogP contribution in [0.15, 0.2) is 36.4 Å². The van der Waals surface area contributed by atoms with Gasteiger partial charge in [-0.3, -0.25) is 0 Å². The lowest BCUT2D eigenvalue weighted by molar-refractivity contribution is 0.190. The number of rotatable bonds is 3. The lowest BCUT2D eigenvalue weighted by Gasteiger charge is -2.14. The highest BCUT2D eigenvalue weighted by molar-refractivity contribution is 5.40. The molecule has 100 valence electrons. The molecule has 0 fully saturated rings. The normalized spacial score (nSPS) is 12.3. The highest BCUT2D eigenvalue weighted by Crippen LogP contribution is 2.32. The third-order valence-electron chi connectivity index (χ3n) is 2.80. The quantitative estimate of drug-likeness (QED) is 0.903. The van der Waals surface area contributed by atoms with Crippen molar-refractivity contribution >= 4 is 0 Å². The Kier molecular flexibility index (Phi) is 3.81. The van der Waals surface area contributed by atoms with Gasteiger partial charge in [-0.05, 0) is 37.6 Å². The fraction of sp³-hybridized carbons (Fsp3) is 0.200. The Morgan fingerprint density at radius 2 is 1.84 bits per heavy atom. The van der Waals surface area contributed by atoms with Crippen LogP contribution < -0.4 is 4.74 Å². The van der Waals surface area contributed by atoms with Crippen molar-refractivity contribution in [1.82, 2.24) is 0 Å². The first-order valence-corrected chi connectivity index (χ1v) is 5.89. The van der Waals surface area contributed by atoms with Gasteiger partial charge in [0, 0.05) is 6.07 Å². The topological polar surface area (TPSA) is 29.5 Å². The van der Waals surface area contributed by atoms with Gasteiger partial charge in [-0.15, -0.1) is 0 Å². The minimum absolute atomic E-state index is 0.0588. The molecule has 0 heterocycles. The molecule has 0 aliphatic rings. The Morgan fingerprint density at radius 1 is 1.11 bits per heavy atom. The van der Waals surface area contributed by atoms with Gasteiger partial charge in [-0.25, -0.2) is 8.78 Å². The fourth-order valence-electron chi connectivity index (χ4n) is 1.78. The molecular weight excluding hydrogens is 250 g/mol. The lowest BCUT2D eigenvalue weighted by atomic mass is 10.1. The van der Waals surface area contributed by atoms with Gasteiger partial charge < -0.3 is 9.84 Å². The van der Waals surface area contributed by atoms with Crippen molar-refractivity contribution < 1.29 is 18.6 Å². The molecule has 2 nitrogen and oxygen atoms in total. The molecule has 0 aliphatic carbocycles. The van der Waals surface area contributed by atoms with Gasteiger partial charge in [0.25, 0.3) is 0 Å². The summed E-state index contributed by atoms with van der Waals surface area (Å²) in [5.41, 5.74) is 0.561. The average molecular weight is 264 g/mol. The van der Waals surface area contributed by atoms with Crippen LogP contribution in [0.5, 0.6) is 11.5 Å². The van der Waals surface area contributed by atoms with Crippen molar-refractivity contribution in [3.05, 3.63) is 59.2 Å². The van der Waals surface area contributed by atoms with Crippen LogP contribution in [0.3, 0.4) is 0 Å². The number of hydrogen-bond acceptors (Lipinski definition) is 2. The van der Waals surface area contributed by atoms with Crippen LogP contribution in [0, 0.1) is 18.6 Å². The lowest BCUT2D eigenvalue weighted by Crippen LogP contribution is -2.00. The maximum atomic E-state index is 13.6. The average Bonchev–Trinajstić information content (AvgIpc) is 2.33. The van der Waals surface area contributed by atoms with E-state index in [9.17, 15) is 13.9 Å². The Balaban J connectivity index is 2.38. The predicted molar refractivity (Wildman–Crippen MR) is 68.2 cm³/mol. The molecule has 0 radical (unpaired) electrons. The van der Waals surface area contributed by atoms with Crippen molar-refractivity contribution in [2.75, 3.05) is 0 Å². The Morgan fingerprint density at radius 3 is 2.47 bits per heavy atom. The van der Waals surface area contributed by atoms with E-state index in [1.54, 1.807) is 19.1 Å². The third kappa shape index (κ3) is 2.90. The van der Waals surface area contributed by atoms with Crippen LogP contribution in [-0.2, 0) is 0 Å². The highest BCUT2D eigenvalue weighted by atomic mass is 19.1. The number of ether oxygens (including phenoxy) is 1. The SMILES string of the molecule is Cc1ccc(Oc2cccc(F)c2[C@H](C)O)cc1F. The number of halogens is 2.